The zero-order chi connectivity index (χ0) is 14.4. The van der Waals surface area contributed by atoms with Crippen molar-refractivity contribution in [3.8, 4) is 0 Å². The number of rotatable bonds is 5. The topological polar surface area (TPSA) is 41.6 Å². The molecule has 1 aromatic rings. The van der Waals surface area contributed by atoms with E-state index in [-0.39, 0.29) is 11.9 Å². The molecule has 1 fully saturated rings. The molecule has 1 N–H and O–H groups in total. The van der Waals surface area contributed by atoms with Gasteiger partial charge in [-0.25, -0.2) is 0 Å². The van der Waals surface area contributed by atoms with Crippen molar-refractivity contribution >= 4 is 21.8 Å². The maximum Gasteiger partial charge on any atom is 0.234 e. The highest BCUT2D eigenvalue weighted by Gasteiger charge is 2.15. The van der Waals surface area contributed by atoms with Gasteiger partial charge >= 0.3 is 0 Å². The molecule has 4 nitrogen and oxygen atoms in total. The Morgan fingerprint density at radius 1 is 1.35 bits per heavy atom. The van der Waals surface area contributed by atoms with Gasteiger partial charge in [-0.15, -0.1) is 0 Å². The van der Waals surface area contributed by atoms with Gasteiger partial charge in [-0.3, -0.25) is 9.69 Å². The van der Waals surface area contributed by atoms with Crippen molar-refractivity contribution in [3.05, 3.63) is 34.3 Å². The largest absolute Gasteiger partial charge is 0.379 e. The lowest BCUT2D eigenvalue weighted by molar-refractivity contribution is -0.123. The van der Waals surface area contributed by atoms with E-state index in [0.717, 1.165) is 37.2 Å². The van der Waals surface area contributed by atoms with E-state index >= 15 is 0 Å². The van der Waals surface area contributed by atoms with Crippen molar-refractivity contribution < 1.29 is 9.53 Å². The first-order valence-electron chi connectivity index (χ1n) is 6.97. The van der Waals surface area contributed by atoms with Gasteiger partial charge in [0.1, 0.15) is 0 Å². The molecule has 1 aliphatic heterocycles. The molecule has 1 aromatic carbocycles. The van der Waals surface area contributed by atoms with Crippen LogP contribution in [0.2, 0.25) is 0 Å². The Labute approximate surface area is 128 Å². The molecule has 1 saturated heterocycles. The van der Waals surface area contributed by atoms with Crippen LogP contribution in [-0.2, 0) is 16.0 Å². The Balaban J connectivity index is 1.74. The number of amides is 1. The van der Waals surface area contributed by atoms with E-state index in [1.807, 2.05) is 19.1 Å². The molecule has 0 unspecified atom stereocenters. The molecule has 2 rings (SSSR count). The minimum atomic E-state index is 0.0940. The van der Waals surface area contributed by atoms with Crippen LogP contribution in [-0.4, -0.2) is 49.7 Å². The van der Waals surface area contributed by atoms with Gasteiger partial charge in [0, 0.05) is 23.6 Å². The van der Waals surface area contributed by atoms with Gasteiger partial charge < -0.3 is 10.1 Å². The van der Waals surface area contributed by atoms with Crippen LogP contribution in [0.1, 0.15) is 12.5 Å². The number of hydrogen-bond acceptors (Lipinski definition) is 3. The summed E-state index contributed by atoms with van der Waals surface area (Å²) in [7, 11) is 0. The number of halogens is 1. The summed E-state index contributed by atoms with van der Waals surface area (Å²) in [6.07, 6.45) is 0.849. The lowest BCUT2D eigenvalue weighted by Gasteiger charge is -2.26. The first-order valence-corrected chi connectivity index (χ1v) is 7.76. The first kappa shape index (κ1) is 15.5. The quantitative estimate of drug-likeness (QED) is 0.889. The van der Waals surface area contributed by atoms with E-state index < -0.39 is 0 Å². The van der Waals surface area contributed by atoms with Crippen LogP contribution >= 0.6 is 15.9 Å². The third-order valence-corrected chi connectivity index (χ3v) is 3.86. The van der Waals surface area contributed by atoms with Crippen LogP contribution in [0.25, 0.3) is 0 Å². The second-order valence-electron chi connectivity index (χ2n) is 5.19. The van der Waals surface area contributed by atoms with E-state index in [9.17, 15) is 4.79 Å². The molecule has 1 atom stereocenters. The van der Waals surface area contributed by atoms with E-state index in [2.05, 4.69) is 38.3 Å². The van der Waals surface area contributed by atoms with Crippen molar-refractivity contribution in [1.29, 1.82) is 0 Å². The summed E-state index contributed by atoms with van der Waals surface area (Å²) in [5, 5.41) is 3.06. The number of ether oxygens (including phenoxy) is 1. The smallest absolute Gasteiger partial charge is 0.234 e. The van der Waals surface area contributed by atoms with Gasteiger partial charge in [0.2, 0.25) is 5.91 Å². The van der Waals surface area contributed by atoms with Crippen molar-refractivity contribution in [3.63, 3.8) is 0 Å². The lowest BCUT2D eigenvalue weighted by Crippen LogP contribution is -2.45. The lowest BCUT2D eigenvalue weighted by atomic mass is 10.1. The Bertz CT molecular complexity index is 430. The standard InChI is InChI=1S/C15H21BrN2O2/c1-12(10-13-2-4-14(16)5-3-13)17-15(19)11-18-6-8-20-9-7-18/h2-5,12H,6-11H2,1H3,(H,17,19)/t12-/m1/s1. The van der Waals surface area contributed by atoms with Crippen LogP contribution in [0.4, 0.5) is 0 Å². The maximum atomic E-state index is 12.0. The Hall–Kier alpha value is -0.910. The van der Waals surface area contributed by atoms with Gasteiger partial charge in [-0.05, 0) is 31.0 Å². The van der Waals surface area contributed by atoms with E-state index in [0.29, 0.717) is 6.54 Å². The van der Waals surface area contributed by atoms with E-state index in [1.165, 1.54) is 5.56 Å². The summed E-state index contributed by atoms with van der Waals surface area (Å²) in [6, 6.07) is 8.35. The van der Waals surface area contributed by atoms with Crippen LogP contribution < -0.4 is 5.32 Å². The Kier molecular flexibility index (Phi) is 6.01. The van der Waals surface area contributed by atoms with Gasteiger partial charge in [-0.2, -0.15) is 0 Å². The fraction of sp³-hybridized carbons (Fsp3) is 0.533. The average Bonchev–Trinajstić information content (AvgIpc) is 2.42. The summed E-state index contributed by atoms with van der Waals surface area (Å²) in [6.45, 7) is 5.64. The van der Waals surface area contributed by atoms with Gasteiger partial charge in [-0.1, -0.05) is 28.1 Å². The number of nitrogens with one attached hydrogen (secondary N) is 1. The van der Waals surface area contributed by atoms with Crippen LogP contribution in [0, 0.1) is 0 Å². The maximum absolute atomic E-state index is 12.0. The summed E-state index contributed by atoms with van der Waals surface area (Å²) in [4.78, 5) is 14.1. The highest BCUT2D eigenvalue weighted by atomic mass is 79.9. The third kappa shape index (κ3) is 5.23. The molecule has 1 amide bonds. The molecule has 0 saturated carbocycles. The number of benzene rings is 1. The minimum absolute atomic E-state index is 0.0940. The molecule has 5 heteroatoms. The van der Waals surface area contributed by atoms with Crippen molar-refractivity contribution in [1.82, 2.24) is 10.2 Å². The SMILES string of the molecule is C[C@H](Cc1ccc(Br)cc1)NC(=O)CN1CCOCC1. The molecule has 0 aliphatic carbocycles. The Morgan fingerprint density at radius 3 is 2.65 bits per heavy atom. The number of carbonyl (C=O) groups is 1. The molecule has 1 aliphatic rings. The summed E-state index contributed by atoms with van der Waals surface area (Å²) >= 11 is 3.42. The van der Waals surface area contributed by atoms with Crippen molar-refractivity contribution in [2.75, 3.05) is 32.8 Å². The molecule has 0 radical (unpaired) electrons. The van der Waals surface area contributed by atoms with Crippen LogP contribution in [0.3, 0.4) is 0 Å². The van der Waals surface area contributed by atoms with Crippen molar-refractivity contribution in [2.45, 2.75) is 19.4 Å². The molecular formula is C15H21BrN2O2. The van der Waals surface area contributed by atoms with Gasteiger partial charge in [0.25, 0.3) is 0 Å². The molecule has 110 valence electrons. The predicted octanol–water partition coefficient (Wildman–Crippen LogP) is 1.83. The molecule has 1 heterocycles. The fourth-order valence-electron chi connectivity index (χ4n) is 2.31. The van der Waals surface area contributed by atoms with Crippen LogP contribution in [0.5, 0.6) is 0 Å². The summed E-state index contributed by atoms with van der Waals surface area (Å²) < 4.78 is 6.35. The fourth-order valence-corrected chi connectivity index (χ4v) is 2.57. The minimum Gasteiger partial charge on any atom is -0.379 e. The molecule has 0 bridgehead atoms. The van der Waals surface area contributed by atoms with E-state index in [1.54, 1.807) is 0 Å². The summed E-state index contributed by atoms with van der Waals surface area (Å²) in [5.41, 5.74) is 1.23. The highest BCUT2D eigenvalue weighted by Crippen LogP contribution is 2.11. The molecule has 0 spiro atoms. The van der Waals surface area contributed by atoms with Gasteiger partial charge in [0.05, 0.1) is 19.8 Å². The zero-order valence-electron chi connectivity index (χ0n) is 11.8. The number of nitrogens with zero attached hydrogens (tertiary/aromatic N) is 1. The second-order valence-corrected chi connectivity index (χ2v) is 6.10. The Morgan fingerprint density at radius 2 is 2.00 bits per heavy atom. The van der Waals surface area contributed by atoms with E-state index in [4.69, 9.17) is 4.74 Å². The second kappa shape index (κ2) is 7.76. The summed E-state index contributed by atoms with van der Waals surface area (Å²) in [5.74, 6) is 0.0940. The molecule has 20 heavy (non-hydrogen) atoms. The van der Waals surface area contributed by atoms with Crippen molar-refractivity contribution in [2.24, 2.45) is 0 Å². The number of carbonyl (C=O) groups excluding carboxylic acids is 1. The van der Waals surface area contributed by atoms with Crippen LogP contribution in [0.15, 0.2) is 28.7 Å². The zero-order valence-corrected chi connectivity index (χ0v) is 13.4. The first-order chi connectivity index (χ1) is 9.63. The number of morpholine rings is 1. The average molecular weight is 341 g/mol. The molecular weight excluding hydrogens is 320 g/mol. The molecule has 0 aromatic heterocycles. The monoisotopic (exact) mass is 340 g/mol. The predicted molar refractivity (Wildman–Crippen MR) is 82.7 cm³/mol. The number of hydrogen-bond donors (Lipinski definition) is 1. The van der Waals surface area contributed by atoms with Gasteiger partial charge in [0.15, 0.2) is 0 Å². The third-order valence-electron chi connectivity index (χ3n) is 3.33. The normalized spacial score (nSPS) is 17.7. The highest BCUT2D eigenvalue weighted by molar-refractivity contribution is 9.10.